The van der Waals surface area contributed by atoms with Crippen LogP contribution in [0.4, 0.5) is 5.00 Å². The summed E-state index contributed by atoms with van der Waals surface area (Å²) in [5.41, 5.74) is 7.52. The smallest absolute Gasteiger partial charge is 0.186 e. The monoisotopic (exact) mass is 210 g/mol. The molecule has 4 heteroatoms. The lowest BCUT2D eigenvalue weighted by Crippen LogP contribution is -1.84. The van der Waals surface area contributed by atoms with Gasteiger partial charge in [-0.3, -0.25) is 0 Å². The number of nitrogens with two attached hydrogens (primary N) is 1. The molecule has 0 saturated heterocycles. The molecular formula is C9H7ClN2S. The molecule has 1 heterocycles. The van der Waals surface area contributed by atoms with Crippen molar-refractivity contribution in [1.82, 2.24) is 4.98 Å². The molecular weight excluding hydrogens is 204 g/mol. The Morgan fingerprint density at radius 1 is 1.23 bits per heavy atom. The van der Waals surface area contributed by atoms with E-state index in [1.807, 2.05) is 30.3 Å². The van der Waals surface area contributed by atoms with Crippen LogP contribution >= 0.6 is 22.9 Å². The molecule has 2 aromatic rings. The van der Waals surface area contributed by atoms with Crippen LogP contribution in [-0.2, 0) is 0 Å². The van der Waals surface area contributed by atoms with Gasteiger partial charge in [-0.2, -0.15) is 0 Å². The highest BCUT2D eigenvalue weighted by Crippen LogP contribution is 2.32. The molecule has 1 aromatic carbocycles. The predicted octanol–water partition coefficient (Wildman–Crippen LogP) is 3.05. The standard InChI is InChI=1S/C9H7ClN2S/c10-9-12-7(8(11)13-9)6-4-2-1-3-5-6/h1-5H,11H2. The summed E-state index contributed by atoms with van der Waals surface area (Å²) < 4.78 is 0.483. The molecule has 0 spiro atoms. The number of hydrogen-bond acceptors (Lipinski definition) is 3. The van der Waals surface area contributed by atoms with E-state index in [2.05, 4.69) is 4.98 Å². The summed E-state index contributed by atoms with van der Waals surface area (Å²) in [5.74, 6) is 0. The molecule has 0 fully saturated rings. The van der Waals surface area contributed by atoms with E-state index in [-0.39, 0.29) is 0 Å². The lowest BCUT2D eigenvalue weighted by Gasteiger charge is -1.95. The average Bonchev–Trinajstić information content (AvgIpc) is 2.47. The first kappa shape index (κ1) is 8.53. The highest BCUT2D eigenvalue weighted by atomic mass is 35.5. The average molecular weight is 211 g/mol. The van der Waals surface area contributed by atoms with Crippen molar-refractivity contribution in [1.29, 1.82) is 0 Å². The molecule has 1 aromatic heterocycles. The third-order valence-corrected chi connectivity index (χ3v) is 2.66. The Balaban J connectivity index is 2.53. The first-order chi connectivity index (χ1) is 6.27. The molecule has 0 amide bonds. The topological polar surface area (TPSA) is 38.9 Å². The summed E-state index contributed by atoms with van der Waals surface area (Å²) in [6.07, 6.45) is 0. The number of halogens is 1. The molecule has 0 aliphatic heterocycles. The zero-order valence-electron chi connectivity index (χ0n) is 6.70. The molecule has 0 radical (unpaired) electrons. The first-order valence-corrected chi connectivity index (χ1v) is 4.94. The summed E-state index contributed by atoms with van der Waals surface area (Å²) in [5, 5.41) is 0.663. The Morgan fingerprint density at radius 2 is 1.92 bits per heavy atom. The van der Waals surface area contributed by atoms with Crippen LogP contribution in [0.15, 0.2) is 30.3 Å². The molecule has 2 nitrogen and oxygen atoms in total. The van der Waals surface area contributed by atoms with Gasteiger partial charge in [0, 0.05) is 5.56 Å². The van der Waals surface area contributed by atoms with E-state index in [1.54, 1.807) is 0 Å². The van der Waals surface area contributed by atoms with Gasteiger partial charge in [-0.25, -0.2) is 4.98 Å². The second-order valence-electron chi connectivity index (χ2n) is 2.55. The molecule has 2 rings (SSSR count). The maximum absolute atomic E-state index is 5.74. The molecule has 2 N–H and O–H groups in total. The highest BCUT2D eigenvalue weighted by Gasteiger charge is 2.07. The minimum atomic E-state index is 0.483. The molecule has 0 saturated carbocycles. The van der Waals surface area contributed by atoms with E-state index in [4.69, 9.17) is 17.3 Å². The maximum atomic E-state index is 5.74. The number of anilines is 1. The first-order valence-electron chi connectivity index (χ1n) is 3.74. The van der Waals surface area contributed by atoms with E-state index in [1.165, 1.54) is 11.3 Å². The second kappa shape index (κ2) is 3.36. The summed E-state index contributed by atoms with van der Waals surface area (Å²) in [6.45, 7) is 0. The van der Waals surface area contributed by atoms with Crippen molar-refractivity contribution >= 4 is 27.9 Å². The zero-order chi connectivity index (χ0) is 9.26. The Bertz CT molecular complexity index is 411. The molecule has 0 unspecified atom stereocenters. The number of rotatable bonds is 1. The van der Waals surface area contributed by atoms with Gasteiger partial charge in [0.25, 0.3) is 0 Å². The van der Waals surface area contributed by atoms with Crippen LogP contribution < -0.4 is 5.73 Å². The van der Waals surface area contributed by atoms with E-state index in [0.717, 1.165) is 11.3 Å². The van der Waals surface area contributed by atoms with Gasteiger partial charge in [0.2, 0.25) is 0 Å². The number of hydrogen-bond donors (Lipinski definition) is 1. The fourth-order valence-electron chi connectivity index (χ4n) is 1.11. The fraction of sp³-hybridized carbons (Fsp3) is 0. The molecule has 0 atom stereocenters. The number of nitrogen functional groups attached to an aromatic ring is 1. The lowest BCUT2D eigenvalue weighted by atomic mass is 10.2. The van der Waals surface area contributed by atoms with Crippen LogP contribution in [0, 0.1) is 0 Å². The van der Waals surface area contributed by atoms with Crippen LogP contribution in [0.2, 0.25) is 4.47 Å². The van der Waals surface area contributed by atoms with Crippen molar-refractivity contribution in [2.75, 3.05) is 5.73 Å². The van der Waals surface area contributed by atoms with Gasteiger partial charge in [0.15, 0.2) is 4.47 Å². The van der Waals surface area contributed by atoms with Gasteiger partial charge in [0.05, 0.1) is 0 Å². The van der Waals surface area contributed by atoms with Gasteiger partial charge >= 0.3 is 0 Å². The Kier molecular flexibility index (Phi) is 2.20. The summed E-state index contributed by atoms with van der Waals surface area (Å²) >= 11 is 7.04. The van der Waals surface area contributed by atoms with Crippen LogP contribution in [-0.4, -0.2) is 4.98 Å². The molecule has 13 heavy (non-hydrogen) atoms. The fourth-order valence-corrected chi connectivity index (χ4v) is 2.02. The van der Waals surface area contributed by atoms with Gasteiger partial charge in [-0.15, -0.1) is 0 Å². The summed E-state index contributed by atoms with van der Waals surface area (Å²) in [4.78, 5) is 4.14. The lowest BCUT2D eigenvalue weighted by molar-refractivity contribution is 1.41. The summed E-state index contributed by atoms with van der Waals surface area (Å²) in [7, 11) is 0. The van der Waals surface area contributed by atoms with Crippen molar-refractivity contribution in [3.63, 3.8) is 0 Å². The van der Waals surface area contributed by atoms with Crippen molar-refractivity contribution in [3.05, 3.63) is 34.8 Å². The number of benzene rings is 1. The maximum Gasteiger partial charge on any atom is 0.186 e. The largest absolute Gasteiger partial charge is 0.389 e. The third kappa shape index (κ3) is 1.66. The number of thiazole rings is 1. The van der Waals surface area contributed by atoms with Crippen LogP contribution in [0.5, 0.6) is 0 Å². The van der Waals surface area contributed by atoms with Crippen molar-refractivity contribution in [2.24, 2.45) is 0 Å². The molecule has 0 bridgehead atoms. The second-order valence-corrected chi connectivity index (χ2v) is 4.16. The van der Waals surface area contributed by atoms with Gasteiger partial charge in [-0.1, -0.05) is 53.3 Å². The minimum absolute atomic E-state index is 0.483. The highest BCUT2D eigenvalue weighted by molar-refractivity contribution is 7.19. The predicted molar refractivity (Wildman–Crippen MR) is 57.0 cm³/mol. The number of aromatic nitrogens is 1. The van der Waals surface area contributed by atoms with E-state index >= 15 is 0 Å². The Labute approximate surface area is 85.0 Å². The summed E-state index contributed by atoms with van der Waals surface area (Å²) in [6, 6.07) is 9.77. The van der Waals surface area contributed by atoms with Gasteiger partial charge < -0.3 is 5.73 Å². The van der Waals surface area contributed by atoms with E-state index < -0.39 is 0 Å². The number of nitrogens with zero attached hydrogens (tertiary/aromatic N) is 1. The van der Waals surface area contributed by atoms with Gasteiger partial charge in [0.1, 0.15) is 10.7 Å². The van der Waals surface area contributed by atoms with Crippen molar-refractivity contribution < 1.29 is 0 Å². The van der Waals surface area contributed by atoms with E-state index in [0.29, 0.717) is 9.47 Å². The van der Waals surface area contributed by atoms with Crippen molar-refractivity contribution in [2.45, 2.75) is 0 Å². The van der Waals surface area contributed by atoms with Crippen LogP contribution in [0.3, 0.4) is 0 Å². The normalized spacial score (nSPS) is 10.2. The quantitative estimate of drug-likeness (QED) is 0.786. The minimum Gasteiger partial charge on any atom is -0.389 e. The van der Waals surface area contributed by atoms with E-state index in [9.17, 15) is 0 Å². The molecule has 66 valence electrons. The van der Waals surface area contributed by atoms with Crippen LogP contribution in [0.25, 0.3) is 11.3 Å². The molecule has 0 aliphatic rings. The molecule has 0 aliphatic carbocycles. The zero-order valence-corrected chi connectivity index (χ0v) is 8.27. The Hall–Kier alpha value is -1.06. The SMILES string of the molecule is Nc1sc(Cl)nc1-c1ccccc1. The Morgan fingerprint density at radius 3 is 2.46 bits per heavy atom. The van der Waals surface area contributed by atoms with Crippen molar-refractivity contribution in [3.8, 4) is 11.3 Å². The third-order valence-electron chi connectivity index (χ3n) is 1.67. The van der Waals surface area contributed by atoms with Crippen LogP contribution in [0.1, 0.15) is 0 Å². The van der Waals surface area contributed by atoms with Gasteiger partial charge in [-0.05, 0) is 0 Å².